The zero-order valence-electron chi connectivity index (χ0n) is 14.3. The van der Waals surface area contributed by atoms with Gasteiger partial charge in [-0.1, -0.05) is 22.9 Å². The summed E-state index contributed by atoms with van der Waals surface area (Å²) in [5.74, 6) is 0.836. The number of nitrogens with one attached hydrogen (secondary N) is 2. The molecule has 0 unspecified atom stereocenters. The van der Waals surface area contributed by atoms with E-state index in [0.717, 1.165) is 10.2 Å². The van der Waals surface area contributed by atoms with Crippen molar-refractivity contribution >= 4 is 44.2 Å². The zero-order chi connectivity index (χ0) is 18.7. The molecule has 1 aromatic heterocycles. The van der Waals surface area contributed by atoms with Crippen molar-refractivity contribution in [2.75, 3.05) is 26.8 Å². The molecule has 1 amide bonds. The molecule has 2 aromatic carbocycles. The maximum Gasteiger partial charge on any atom is 0.269 e. The molecule has 0 aliphatic heterocycles. The lowest BCUT2D eigenvalue weighted by atomic mass is 10.1. The van der Waals surface area contributed by atoms with Gasteiger partial charge in [0.15, 0.2) is 11.5 Å². The summed E-state index contributed by atoms with van der Waals surface area (Å²) in [7, 11) is 4.48. The first-order valence-corrected chi connectivity index (χ1v) is 8.67. The van der Waals surface area contributed by atoms with E-state index in [-0.39, 0.29) is 5.91 Å². The fraction of sp³-hybridized carbons (Fsp3) is 0.176. The van der Waals surface area contributed by atoms with Crippen LogP contribution in [-0.2, 0) is 0 Å². The number of carbonyl (C=O) groups is 1. The SMILES string of the molecule is COc1cc(C(=O)NNc2nc3ccc(Cl)cc3s2)cc(OC)c1OC. The largest absolute Gasteiger partial charge is 0.493 e. The third-order valence-electron chi connectivity index (χ3n) is 3.56. The number of hydrazine groups is 1. The molecular formula is C17H16ClN3O4S. The van der Waals surface area contributed by atoms with Crippen LogP contribution in [0, 0.1) is 0 Å². The van der Waals surface area contributed by atoms with Gasteiger partial charge in [0.1, 0.15) is 0 Å². The number of ether oxygens (including phenoxy) is 3. The third-order valence-corrected chi connectivity index (χ3v) is 4.73. The van der Waals surface area contributed by atoms with Crippen molar-refractivity contribution in [3.05, 3.63) is 40.9 Å². The smallest absolute Gasteiger partial charge is 0.269 e. The Kier molecular flexibility index (Phi) is 5.34. The topological polar surface area (TPSA) is 81.7 Å². The quantitative estimate of drug-likeness (QED) is 0.621. The molecule has 0 bridgehead atoms. The number of amides is 1. The maximum atomic E-state index is 12.5. The molecule has 9 heteroatoms. The Labute approximate surface area is 158 Å². The van der Waals surface area contributed by atoms with E-state index in [9.17, 15) is 4.79 Å². The molecule has 136 valence electrons. The van der Waals surface area contributed by atoms with Crippen LogP contribution in [0.1, 0.15) is 10.4 Å². The van der Waals surface area contributed by atoms with Gasteiger partial charge in [-0.15, -0.1) is 0 Å². The lowest BCUT2D eigenvalue weighted by Gasteiger charge is -2.14. The summed E-state index contributed by atoms with van der Waals surface area (Å²) in [5.41, 5.74) is 6.55. The first-order chi connectivity index (χ1) is 12.5. The van der Waals surface area contributed by atoms with Gasteiger partial charge in [-0.05, 0) is 30.3 Å². The number of rotatable bonds is 6. The number of hydrogen-bond donors (Lipinski definition) is 2. The van der Waals surface area contributed by atoms with E-state index >= 15 is 0 Å². The van der Waals surface area contributed by atoms with E-state index in [0.29, 0.717) is 33.0 Å². The van der Waals surface area contributed by atoms with Gasteiger partial charge in [0.2, 0.25) is 10.9 Å². The Balaban J connectivity index is 1.78. The van der Waals surface area contributed by atoms with Gasteiger partial charge in [-0.3, -0.25) is 15.6 Å². The fourth-order valence-electron chi connectivity index (χ4n) is 2.35. The second-order valence-electron chi connectivity index (χ2n) is 5.12. The molecule has 1 heterocycles. The van der Waals surface area contributed by atoms with Crippen LogP contribution in [0.3, 0.4) is 0 Å². The first kappa shape index (κ1) is 18.1. The van der Waals surface area contributed by atoms with Crippen LogP contribution < -0.4 is 25.1 Å². The molecule has 26 heavy (non-hydrogen) atoms. The van der Waals surface area contributed by atoms with Crippen molar-refractivity contribution in [1.82, 2.24) is 10.4 Å². The summed E-state index contributed by atoms with van der Waals surface area (Å²) in [5, 5.41) is 1.18. The summed E-state index contributed by atoms with van der Waals surface area (Å²) in [6.07, 6.45) is 0. The molecule has 0 aliphatic rings. The standard InChI is InChI=1S/C17H16ClN3O4S/c1-23-12-6-9(7-13(24-2)15(12)25-3)16(22)20-21-17-19-11-5-4-10(18)8-14(11)26-17/h4-8H,1-3H3,(H,19,21)(H,20,22). The first-order valence-electron chi connectivity index (χ1n) is 7.48. The average molecular weight is 394 g/mol. The highest BCUT2D eigenvalue weighted by atomic mass is 35.5. The van der Waals surface area contributed by atoms with Gasteiger partial charge in [0, 0.05) is 10.6 Å². The molecule has 0 aliphatic carbocycles. The minimum atomic E-state index is -0.374. The molecule has 3 rings (SSSR count). The Hall–Kier alpha value is -2.71. The van der Waals surface area contributed by atoms with Gasteiger partial charge in [-0.25, -0.2) is 4.98 Å². The molecule has 3 aromatic rings. The molecule has 0 saturated heterocycles. The van der Waals surface area contributed by atoms with Crippen molar-refractivity contribution < 1.29 is 19.0 Å². The Morgan fingerprint density at radius 1 is 1.08 bits per heavy atom. The van der Waals surface area contributed by atoms with Crippen LogP contribution in [0.25, 0.3) is 10.2 Å². The summed E-state index contributed by atoms with van der Waals surface area (Å²) < 4.78 is 16.7. The van der Waals surface area contributed by atoms with Crippen LogP contribution >= 0.6 is 22.9 Å². The zero-order valence-corrected chi connectivity index (χ0v) is 15.8. The summed E-state index contributed by atoms with van der Waals surface area (Å²) in [6, 6.07) is 8.54. The molecular weight excluding hydrogens is 378 g/mol. The number of carbonyl (C=O) groups excluding carboxylic acids is 1. The van der Waals surface area contributed by atoms with E-state index in [1.165, 1.54) is 32.7 Å². The van der Waals surface area contributed by atoms with Crippen molar-refractivity contribution in [2.24, 2.45) is 0 Å². The Bertz CT molecular complexity index is 935. The molecule has 0 radical (unpaired) electrons. The van der Waals surface area contributed by atoms with Crippen molar-refractivity contribution in [2.45, 2.75) is 0 Å². The number of anilines is 1. The van der Waals surface area contributed by atoms with Crippen LogP contribution in [0.15, 0.2) is 30.3 Å². The Morgan fingerprint density at radius 3 is 2.38 bits per heavy atom. The van der Waals surface area contributed by atoms with Gasteiger partial charge in [0.05, 0.1) is 31.5 Å². The third kappa shape index (κ3) is 3.61. The van der Waals surface area contributed by atoms with E-state index in [2.05, 4.69) is 15.8 Å². The van der Waals surface area contributed by atoms with Crippen molar-refractivity contribution in [3.63, 3.8) is 0 Å². The number of benzene rings is 2. The van der Waals surface area contributed by atoms with Gasteiger partial charge in [-0.2, -0.15) is 0 Å². The highest BCUT2D eigenvalue weighted by molar-refractivity contribution is 7.22. The minimum absolute atomic E-state index is 0.344. The normalized spacial score (nSPS) is 10.5. The highest BCUT2D eigenvalue weighted by Gasteiger charge is 2.17. The predicted octanol–water partition coefficient (Wildman–Crippen LogP) is 3.73. The molecule has 0 spiro atoms. The number of hydrogen-bond acceptors (Lipinski definition) is 7. The van der Waals surface area contributed by atoms with E-state index in [1.54, 1.807) is 18.2 Å². The van der Waals surface area contributed by atoms with Gasteiger partial charge in [0.25, 0.3) is 5.91 Å². The number of methoxy groups -OCH3 is 3. The molecule has 7 nitrogen and oxygen atoms in total. The molecule has 0 fully saturated rings. The summed E-state index contributed by atoms with van der Waals surface area (Å²) >= 11 is 7.35. The van der Waals surface area contributed by atoms with Crippen molar-refractivity contribution in [1.29, 1.82) is 0 Å². The highest BCUT2D eigenvalue weighted by Crippen LogP contribution is 2.38. The number of halogens is 1. The van der Waals surface area contributed by atoms with Crippen LogP contribution in [-0.4, -0.2) is 32.2 Å². The lowest BCUT2D eigenvalue weighted by Crippen LogP contribution is -2.29. The van der Waals surface area contributed by atoms with Crippen LogP contribution in [0.4, 0.5) is 5.13 Å². The molecule has 0 atom stereocenters. The molecule has 0 saturated carbocycles. The van der Waals surface area contributed by atoms with E-state index in [1.807, 2.05) is 12.1 Å². The van der Waals surface area contributed by atoms with Crippen LogP contribution in [0.2, 0.25) is 5.02 Å². The fourth-order valence-corrected chi connectivity index (χ4v) is 3.44. The van der Waals surface area contributed by atoms with E-state index in [4.69, 9.17) is 25.8 Å². The van der Waals surface area contributed by atoms with Crippen LogP contribution in [0.5, 0.6) is 17.2 Å². The number of aromatic nitrogens is 1. The maximum absolute atomic E-state index is 12.5. The van der Waals surface area contributed by atoms with Gasteiger partial charge >= 0.3 is 0 Å². The summed E-state index contributed by atoms with van der Waals surface area (Å²) in [6.45, 7) is 0. The second-order valence-corrected chi connectivity index (χ2v) is 6.59. The molecule has 2 N–H and O–H groups in total. The number of thiazole rings is 1. The monoisotopic (exact) mass is 393 g/mol. The second kappa shape index (κ2) is 7.67. The number of nitrogens with zero attached hydrogens (tertiary/aromatic N) is 1. The van der Waals surface area contributed by atoms with E-state index < -0.39 is 0 Å². The number of fused-ring (bicyclic) bond motifs is 1. The predicted molar refractivity (Wildman–Crippen MR) is 102 cm³/mol. The van der Waals surface area contributed by atoms with Gasteiger partial charge < -0.3 is 14.2 Å². The average Bonchev–Trinajstić information content (AvgIpc) is 3.06. The Morgan fingerprint density at radius 2 is 1.77 bits per heavy atom. The summed E-state index contributed by atoms with van der Waals surface area (Å²) in [4.78, 5) is 16.8. The lowest BCUT2D eigenvalue weighted by molar-refractivity contribution is 0.0962. The van der Waals surface area contributed by atoms with Crippen molar-refractivity contribution in [3.8, 4) is 17.2 Å². The minimum Gasteiger partial charge on any atom is -0.493 e.